The van der Waals surface area contributed by atoms with Gasteiger partial charge < -0.3 is 15.3 Å². The molecule has 2 aliphatic rings. The molecule has 104 valence electrons. The highest BCUT2D eigenvalue weighted by molar-refractivity contribution is 5.56. The molecule has 1 atom stereocenters. The molecule has 0 aromatic heterocycles. The van der Waals surface area contributed by atoms with Crippen molar-refractivity contribution in [2.75, 3.05) is 18.1 Å². The van der Waals surface area contributed by atoms with Gasteiger partial charge in [-0.3, -0.25) is 0 Å². The summed E-state index contributed by atoms with van der Waals surface area (Å²) in [5, 5.41) is 12.9. The zero-order valence-electron chi connectivity index (χ0n) is 11.1. The summed E-state index contributed by atoms with van der Waals surface area (Å²) in [6.45, 7) is 1.65. The third-order valence-electron chi connectivity index (χ3n) is 4.10. The minimum Gasteiger partial charge on any atom is -0.394 e. The fraction of sp³-hybridized carbons (Fsp3) is 0.600. The molecule has 2 N–H and O–H groups in total. The van der Waals surface area contributed by atoms with Crippen LogP contribution in [-0.2, 0) is 6.54 Å². The maximum Gasteiger partial charge on any atom is 0.146 e. The molecule has 2 fully saturated rings. The molecule has 3 nitrogen and oxygen atoms in total. The van der Waals surface area contributed by atoms with Crippen LogP contribution in [0.4, 0.5) is 10.1 Å². The number of halogens is 1. The summed E-state index contributed by atoms with van der Waals surface area (Å²) in [5.41, 5.74) is 1.69. The quantitative estimate of drug-likeness (QED) is 0.854. The number of aliphatic hydroxyl groups is 1. The van der Waals surface area contributed by atoms with Crippen LogP contribution >= 0.6 is 0 Å². The van der Waals surface area contributed by atoms with Crippen molar-refractivity contribution in [2.45, 2.75) is 44.3 Å². The third kappa shape index (κ3) is 2.74. The largest absolute Gasteiger partial charge is 0.394 e. The van der Waals surface area contributed by atoms with E-state index in [0.717, 1.165) is 24.9 Å². The summed E-state index contributed by atoms with van der Waals surface area (Å²) >= 11 is 0. The monoisotopic (exact) mass is 264 g/mol. The molecule has 0 spiro atoms. The summed E-state index contributed by atoms with van der Waals surface area (Å²) < 4.78 is 14.2. The van der Waals surface area contributed by atoms with Crippen LogP contribution in [0, 0.1) is 5.82 Å². The van der Waals surface area contributed by atoms with E-state index in [2.05, 4.69) is 5.32 Å². The van der Waals surface area contributed by atoms with E-state index in [9.17, 15) is 9.50 Å². The lowest BCUT2D eigenvalue weighted by atomic mass is 10.1. The van der Waals surface area contributed by atoms with Crippen molar-refractivity contribution < 1.29 is 9.50 Å². The summed E-state index contributed by atoms with van der Waals surface area (Å²) in [7, 11) is 0. The van der Waals surface area contributed by atoms with Gasteiger partial charge in [0.05, 0.1) is 18.3 Å². The van der Waals surface area contributed by atoms with Crippen molar-refractivity contribution in [1.29, 1.82) is 0 Å². The van der Waals surface area contributed by atoms with Crippen LogP contribution in [0.2, 0.25) is 0 Å². The number of hydrogen-bond acceptors (Lipinski definition) is 3. The molecule has 1 saturated carbocycles. The van der Waals surface area contributed by atoms with E-state index in [1.807, 2.05) is 11.0 Å². The van der Waals surface area contributed by atoms with E-state index in [0.29, 0.717) is 18.3 Å². The Hall–Kier alpha value is -1.13. The van der Waals surface area contributed by atoms with E-state index in [1.54, 1.807) is 6.07 Å². The average molecular weight is 264 g/mol. The van der Waals surface area contributed by atoms with E-state index in [1.165, 1.54) is 18.9 Å². The Labute approximate surface area is 113 Å². The first kappa shape index (κ1) is 12.9. The highest BCUT2D eigenvalue weighted by Gasteiger charge is 2.28. The first-order valence-corrected chi connectivity index (χ1v) is 7.18. The van der Waals surface area contributed by atoms with Gasteiger partial charge in [0.1, 0.15) is 5.82 Å². The maximum atomic E-state index is 14.2. The van der Waals surface area contributed by atoms with Crippen molar-refractivity contribution in [3.05, 3.63) is 29.6 Å². The van der Waals surface area contributed by atoms with Gasteiger partial charge in [-0.15, -0.1) is 0 Å². The van der Waals surface area contributed by atoms with Gasteiger partial charge in [-0.1, -0.05) is 12.1 Å². The van der Waals surface area contributed by atoms with Crippen molar-refractivity contribution in [3.63, 3.8) is 0 Å². The third-order valence-corrected chi connectivity index (χ3v) is 4.10. The fourth-order valence-corrected chi connectivity index (χ4v) is 2.89. The molecule has 1 unspecified atom stereocenters. The molecule has 19 heavy (non-hydrogen) atoms. The van der Waals surface area contributed by atoms with Crippen LogP contribution in [0.25, 0.3) is 0 Å². The fourth-order valence-electron chi connectivity index (χ4n) is 2.89. The normalized spacial score (nSPS) is 23.1. The van der Waals surface area contributed by atoms with Crippen molar-refractivity contribution in [2.24, 2.45) is 0 Å². The number of nitrogens with zero attached hydrogens (tertiary/aromatic N) is 1. The molecule has 3 rings (SSSR count). The van der Waals surface area contributed by atoms with Crippen LogP contribution in [0.1, 0.15) is 31.2 Å². The molecular formula is C15H21FN2O. The van der Waals surface area contributed by atoms with Gasteiger partial charge in [0.2, 0.25) is 0 Å². The molecule has 0 bridgehead atoms. The number of hydrogen-bond donors (Lipinski definition) is 2. The van der Waals surface area contributed by atoms with Crippen LogP contribution in [0.15, 0.2) is 18.2 Å². The molecular weight excluding hydrogens is 243 g/mol. The van der Waals surface area contributed by atoms with Gasteiger partial charge in [0, 0.05) is 19.1 Å². The van der Waals surface area contributed by atoms with Gasteiger partial charge in [0.15, 0.2) is 0 Å². The number of nitrogens with one attached hydrogen (secondary N) is 1. The van der Waals surface area contributed by atoms with E-state index in [-0.39, 0.29) is 18.5 Å². The lowest BCUT2D eigenvalue weighted by Gasteiger charge is -2.28. The zero-order chi connectivity index (χ0) is 13.2. The van der Waals surface area contributed by atoms with Crippen LogP contribution in [0.5, 0.6) is 0 Å². The molecule has 1 heterocycles. The number of aliphatic hydroxyl groups excluding tert-OH is 1. The molecule has 1 aliphatic heterocycles. The van der Waals surface area contributed by atoms with Gasteiger partial charge in [-0.25, -0.2) is 4.39 Å². The Morgan fingerprint density at radius 3 is 2.89 bits per heavy atom. The van der Waals surface area contributed by atoms with Crippen molar-refractivity contribution in [3.8, 4) is 0 Å². The minimum absolute atomic E-state index is 0.0663. The number of para-hydroxylation sites is 1. The standard InChI is InChI=1S/C15H21FN2O/c16-14-5-1-3-11(9-17-12-6-7-12)15(14)18-8-2-4-13(18)10-19/h1,3,5,12-13,17,19H,2,4,6-10H2. The Kier molecular flexibility index (Phi) is 3.71. The summed E-state index contributed by atoms with van der Waals surface area (Å²) in [6, 6.07) is 5.95. The second kappa shape index (κ2) is 5.47. The highest BCUT2D eigenvalue weighted by Crippen LogP contribution is 2.31. The molecule has 1 aromatic rings. The van der Waals surface area contributed by atoms with Crippen LogP contribution in [-0.4, -0.2) is 30.3 Å². The lowest BCUT2D eigenvalue weighted by Crippen LogP contribution is -2.34. The summed E-state index contributed by atoms with van der Waals surface area (Å²) in [4.78, 5) is 2.04. The van der Waals surface area contributed by atoms with Crippen LogP contribution < -0.4 is 10.2 Å². The first-order chi connectivity index (χ1) is 9.29. The Bertz CT molecular complexity index is 448. The topological polar surface area (TPSA) is 35.5 Å². The van der Waals surface area contributed by atoms with Crippen molar-refractivity contribution in [1.82, 2.24) is 5.32 Å². The molecule has 4 heteroatoms. The second-order valence-electron chi connectivity index (χ2n) is 5.57. The Morgan fingerprint density at radius 1 is 1.32 bits per heavy atom. The SMILES string of the molecule is OCC1CCCN1c1c(F)cccc1CNC1CC1. The minimum atomic E-state index is -0.171. The lowest BCUT2D eigenvalue weighted by molar-refractivity contribution is 0.266. The van der Waals surface area contributed by atoms with Gasteiger partial charge >= 0.3 is 0 Å². The van der Waals surface area contributed by atoms with Crippen molar-refractivity contribution >= 4 is 5.69 Å². The summed E-state index contributed by atoms with van der Waals surface area (Å²) in [6.07, 6.45) is 4.43. The molecule has 1 saturated heterocycles. The van der Waals surface area contributed by atoms with E-state index < -0.39 is 0 Å². The summed E-state index contributed by atoms with van der Waals surface area (Å²) in [5.74, 6) is -0.171. The van der Waals surface area contributed by atoms with Gasteiger partial charge in [-0.05, 0) is 37.3 Å². The van der Waals surface area contributed by atoms with Crippen LogP contribution in [0.3, 0.4) is 0 Å². The molecule has 1 aliphatic carbocycles. The highest BCUT2D eigenvalue weighted by atomic mass is 19.1. The number of benzene rings is 1. The smallest absolute Gasteiger partial charge is 0.146 e. The Balaban J connectivity index is 1.84. The van der Waals surface area contributed by atoms with E-state index >= 15 is 0 Å². The predicted molar refractivity (Wildman–Crippen MR) is 73.7 cm³/mol. The van der Waals surface area contributed by atoms with Gasteiger partial charge in [0.25, 0.3) is 0 Å². The molecule has 0 amide bonds. The molecule has 0 radical (unpaired) electrons. The van der Waals surface area contributed by atoms with E-state index in [4.69, 9.17) is 0 Å². The average Bonchev–Trinajstić information content (AvgIpc) is 3.13. The van der Waals surface area contributed by atoms with Gasteiger partial charge in [-0.2, -0.15) is 0 Å². The molecule has 1 aromatic carbocycles. The zero-order valence-corrected chi connectivity index (χ0v) is 11.1. The predicted octanol–water partition coefficient (Wildman–Crippen LogP) is 2.04. The Morgan fingerprint density at radius 2 is 2.16 bits per heavy atom. The number of rotatable bonds is 5. The second-order valence-corrected chi connectivity index (χ2v) is 5.57. The maximum absolute atomic E-state index is 14.2. The first-order valence-electron chi connectivity index (χ1n) is 7.18. The number of anilines is 1.